The van der Waals surface area contributed by atoms with Crippen molar-refractivity contribution in [2.75, 3.05) is 6.61 Å². The van der Waals surface area contributed by atoms with Crippen LogP contribution in [0.5, 0.6) is 11.5 Å². The van der Waals surface area contributed by atoms with Crippen LogP contribution in [0, 0.1) is 17.2 Å². The number of hydrogen-bond donors (Lipinski definition) is 1. The average Bonchev–Trinajstić information content (AvgIpc) is 3.75. The molecule has 1 saturated carbocycles. The quantitative estimate of drug-likeness (QED) is 0.191. The van der Waals surface area contributed by atoms with Crippen molar-refractivity contribution in [3.63, 3.8) is 0 Å². The third-order valence-electron chi connectivity index (χ3n) is 7.67. The van der Waals surface area contributed by atoms with Gasteiger partial charge in [-0.3, -0.25) is 4.79 Å². The van der Waals surface area contributed by atoms with Crippen LogP contribution < -0.4 is 9.47 Å². The molecule has 0 amide bonds. The Morgan fingerprint density at radius 3 is 2.38 bits per heavy atom. The Morgan fingerprint density at radius 1 is 0.976 bits per heavy atom. The predicted molar refractivity (Wildman–Crippen MR) is 154 cm³/mol. The largest absolute Gasteiger partial charge is 0.489 e. The second-order valence-corrected chi connectivity index (χ2v) is 12.0. The Hall–Kier alpha value is -3.55. The summed E-state index contributed by atoms with van der Waals surface area (Å²) in [4.78, 5) is 11.4. The molecule has 3 aromatic rings. The summed E-state index contributed by atoms with van der Waals surface area (Å²) in [6, 6.07) is 16.8. The number of benzene rings is 3. The topological polar surface area (TPSA) is 55.8 Å². The lowest BCUT2D eigenvalue weighted by Gasteiger charge is -2.26. The lowest BCUT2D eigenvalue weighted by molar-refractivity contribution is -0.153. The van der Waals surface area contributed by atoms with Gasteiger partial charge in [-0.1, -0.05) is 57.5 Å². The molecule has 0 spiro atoms. The molecule has 1 fully saturated rings. The standard InChI is InChI=1S/C34H38F4O4/c1-4-14-33(2,3)19-25-15-22(8-12-28(25)30-17-27(11-13-31(30)35)42-21-34(36,37)38)20-41-26-7-5-6-24(16-26)29(18-32(39)40)23-9-10-23/h5-8,11-13,15-17,23,29H,4,9-10,14,18-21H2,1-3H3,(H,39,40). The average molecular weight is 587 g/mol. The fourth-order valence-corrected chi connectivity index (χ4v) is 5.64. The highest BCUT2D eigenvalue weighted by atomic mass is 19.4. The van der Waals surface area contributed by atoms with E-state index in [1.807, 2.05) is 36.4 Å². The van der Waals surface area contributed by atoms with E-state index in [0.717, 1.165) is 48.4 Å². The minimum absolute atomic E-state index is 0.0384. The molecule has 4 nitrogen and oxygen atoms in total. The lowest BCUT2D eigenvalue weighted by Crippen LogP contribution is -2.19. The third kappa shape index (κ3) is 8.97. The number of carbonyl (C=O) groups is 1. The van der Waals surface area contributed by atoms with Crippen LogP contribution in [0.1, 0.15) is 75.5 Å². The Bertz CT molecular complexity index is 1380. The number of alkyl halides is 3. The van der Waals surface area contributed by atoms with Gasteiger partial charge in [0.2, 0.25) is 0 Å². The molecule has 1 aliphatic rings. The normalized spacial score (nSPS) is 14.5. The maximum Gasteiger partial charge on any atom is 0.422 e. The first-order valence-corrected chi connectivity index (χ1v) is 14.4. The van der Waals surface area contributed by atoms with Crippen molar-refractivity contribution in [3.8, 4) is 22.6 Å². The lowest BCUT2D eigenvalue weighted by atomic mass is 9.79. The molecule has 42 heavy (non-hydrogen) atoms. The van der Waals surface area contributed by atoms with Crippen molar-refractivity contribution in [2.24, 2.45) is 11.3 Å². The molecule has 1 atom stereocenters. The zero-order valence-corrected chi connectivity index (χ0v) is 24.3. The summed E-state index contributed by atoms with van der Waals surface area (Å²) < 4.78 is 64.3. The van der Waals surface area contributed by atoms with Crippen LogP contribution >= 0.6 is 0 Å². The van der Waals surface area contributed by atoms with E-state index < -0.39 is 24.6 Å². The van der Waals surface area contributed by atoms with Crippen LogP contribution in [-0.4, -0.2) is 23.9 Å². The summed E-state index contributed by atoms with van der Waals surface area (Å²) in [7, 11) is 0. The van der Waals surface area contributed by atoms with Gasteiger partial charge in [0.25, 0.3) is 0 Å². The third-order valence-corrected chi connectivity index (χ3v) is 7.67. The Kier molecular flexibility index (Phi) is 9.85. The summed E-state index contributed by atoms with van der Waals surface area (Å²) in [5.74, 6) is -0.426. The number of hydrogen-bond acceptors (Lipinski definition) is 3. The minimum Gasteiger partial charge on any atom is -0.489 e. The second kappa shape index (κ2) is 13.2. The second-order valence-electron chi connectivity index (χ2n) is 12.0. The van der Waals surface area contributed by atoms with Crippen LogP contribution in [0.4, 0.5) is 17.6 Å². The van der Waals surface area contributed by atoms with E-state index in [-0.39, 0.29) is 35.7 Å². The van der Waals surface area contributed by atoms with Gasteiger partial charge in [0.05, 0.1) is 6.42 Å². The van der Waals surface area contributed by atoms with Gasteiger partial charge in [0, 0.05) is 5.56 Å². The van der Waals surface area contributed by atoms with Crippen molar-refractivity contribution >= 4 is 5.97 Å². The molecule has 0 aliphatic heterocycles. The zero-order valence-electron chi connectivity index (χ0n) is 24.3. The molecule has 0 bridgehead atoms. The van der Waals surface area contributed by atoms with E-state index in [1.54, 1.807) is 6.07 Å². The molecule has 4 rings (SSSR count). The van der Waals surface area contributed by atoms with Gasteiger partial charge in [0.1, 0.15) is 23.9 Å². The van der Waals surface area contributed by atoms with Crippen molar-refractivity contribution in [3.05, 3.63) is 83.2 Å². The summed E-state index contributed by atoms with van der Waals surface area (Å²) in [6.07, 6.45) is 0.196. The van der Waals surface area contributed by atoms with Gasteiger partial charge in [-0.15, -0.1) is 0 Å². The molecular formula is C34H38F4O4. The Morgan fingerprint density at radius 2 is 1.71 bits per heavy atom. The Labute approximate surface area is 244 Å². The van der Waals surface area contributed by atoms with Gasteiger partial charge >= 0.3 is 12.1 Å². The fraction of sp³-hybridized carbons (Fsp3) is 0.441. The van der Waals surface area contributed by atoms with Crippen LogP contribution in [0.25, 0.3) is 11.1 Å². The first-order valence-electron chi connectivity index (χ1n) is 14.4. The molecular weight excluding hydrogens is 548 g/mol. The van der Waals surface area contributed by atoms with E-state index in [1.165, 1.54) is 12.1 Å². The molecule has 1 aliphatic carbocycles. The number of ether oxygens (including phenoxy) is 2. The highest BCUT2D eigenvalue weighted by molar-refractivity contribution is 5.70. The molecule has 3 aromatic carbocycles. The number of rotatable bonds is 14. The van der Waals surface area contributed by atoms with Crippen LogP contribution in [0.15, 0.2) is 60.7 Å². The van der Waals surface area contributed by atoms with Crippen LogP contribution in [0.2, 0.25) is 0 Å². The van der Waals surface area contributed by atoms with E-state index >= 15 is 4.39 Å². The molecule has 0 saturated heterocycles. The number of carboxylic acid groups (broad SMARTS) is 1. The highest BCUT2D eigenvalue weighted by Crippen LogP contribution is 2.45. The first kappa shape index (κ1) is 31.4. The van der Waals surface area contributed by atoms with Gasteiger partial charge < -0.3 is 14.6 Å². The summed E-state index contributed by atoms with van der Waals surface area (Å²) >= 11 is 0. The van der Waals surface area contributed by atoms with Gasteiger partial charge in [-0.2, -0.15) is 13.2 Å². The molecule has 0 heterocycles. The van der Waals surface area contributed by atoms with Crippen LogP contribution in [0.3, 0.4) is 0 Å². The summed E-state index contributed by atoms with van der Waals surface area (Å²) in [6.45, 7) is 5.18. The van der Waals surface area contributed by atoms with Gasteiger partial charge in [0.15, 0.2) is 6.61 Å². The highest BCUT2D eigenvalue weighted by Gasteiger charge is 2.34. The predicted octanol–water partition coefficient (Wildman–Crippen LogP) is 9.35. The minimum atomic E-state index is -4.50. The van der Waals surface area contributed by atoms with Crippen molar-refractivity contribution in [2.45, 2.75) is 78.0 Å². The zero-order chi connectivity index (χ0) is 30.5. The van der Waals surface area contributed by atoms with E-state index in [4.69, 9.17) is 9.47 Å². The first-order chi connectivity index (χ1) is 19.8. The SMILES string of the molecule is CCCC(C)(C)Cc1cc(COc2cccc(C(CC(=O)O)C3CC3)c2)ccc1-c1cc(OCC(F)(F)F)ccc1F. The molecule has 1 unspecified atom stereocenters. The van der Waals surface area contributed by atoms with E-state index in [9.17, 15) is 23.1 Å². The fourth-order valence-electron chi connectivity index (χ4n) is 5.64. The summed E-state index contributed by atoms with van der Waals surface area (Å²) in [5, 5.41) is 9.37. The van der Waals surface area contributed by atoms with E-state index in [0.29, 0.717) is 23.7 Å². The van der Waals surface area contributed by atoms with Crippen molar-refractivity contribution in [1.29, 1.82) is 0 Å². The summed E-state index contributed by atoms with van der Waals surface area (Å²) in [5.41, 5.74) is 3.37. The van der Waals surface area contributed by atoms with E-state index in [2.05, 4.69) is 20.8 Å². The molecule has 0 aromatic heterocycles. The Balaban J connectivity index is 1.60. The monoisotopic (exact) mass is 586 g/mol. The number of carboxylic acids is 1. The number of halogens is 4. The molecule has 8 heteroatoms. The van der Waals surface area contributed by atoms with Gasteiger partial charge in [-0.25, -0.2) is 4.39 Å². The van der Waals surface area contributed by atoms with Crippen LogP contribution in [-0.2, 0) is 17.8 Å². The molecule has 226 valence electrons. The molecule has 1 N–H and O–H groups in total. The van der Waals surface area contributed by atoms with Crippen molar-refractivity contribution in [1.82, 2.24) is 0 Å². The maximum atomic E-state index is 15.1. The smallest absolute Gasteiger partial charge is 0.422 e. The maximum absolute atomic E-state index is 15.1. The number of aliphatic carboxylic acids is 1. The van der Waals surface area contributed by atoms with Gasteiger partial charge in [-0.05, 0) is 95.5 Å². The molecule has 0 radical (unpaired) electrons. The van der Waals surface area contributed by atoms with Crippen molar-refractivity contribution < 1.29 is 36.9 Å².